The van der Waals surface area contributed by atoms with Gasteiger partial charge in [-0.3, -0.25) is 0 Å². The van der Waals surface area contributed by atoms with Crippen LogP contribution in [0.1, 0.15) is 59.8 Å². The van der Waals surface area contributed by atoms with Crippen molar-refractivity contribution in [3.05, 3.63) is 0 Å². The monoisotopic (exact) mass is 238 g/mol. The fourth-order valence-electron chi connectivity index (χ4n) is 4.86. The fourth-order valence-corrected chi connectivity index (χ4v) is 4.86. The number of rotatable bonds is 1. The zero-order chi connectivity index (χ0) is 12.9. The molecule has 0 bridgehead atoms. The van der Waals surface area contributed by atoms with E-state index in [1.165, 1.54) is 12.8 Å². The van der Waals surface area contributed by atoms with Gasteiger partial charge in [-0.2, -0.15) is 0 Å². The minimum Gasteiger partial charge on any atom is -0.389 e. The van der Waals surface area contributed by atoms with E-state index in [0.29, 0.717) is 11.3 Å². The molecule has 0 heterocycles. The van der Waals surface area contributed by atoms with Gasteiger partial charge < -0.3 is 9.90 Å². The van der Waals surface area contributed by atoms with Crippen molar-refractivity contribution in [1.29, 1.82) is 0 Å². The fraction of sp³-hybridized carbons (Fsp3) is 0.933. The summed E-state index contributed by atoms with van der Waals surface area (Å²) in [4.78, 5) is 11.5. The van der Waals surface area contributed by atoms with Crippen molar-refractivity contribution in [3.8, 4) is 0 Å². The second-order valence-electron chi connectivity index (χ2n) is 7.41. The topological polar surface area (TPSA) is 37.3 Å². The summed E-state index contributed by atoms with van der Waals surface area (Å²) < 4.78 is 0. The maximum Gasteiger partial charge on any atom is 0.126 e. The maximum absolute atomic E-state index is 11.5. The molecule has 2 saturated carbocycles. The predicted octanol–water partition coefficient (Wildman–Crippen LogP) is 3.18. The summed E-state index contributed by atoms with van der Waals surface area (Å²) >= 11 is 0. The van der Waals surface area contributed by atoms with Gasteiger partial charge in [0.05, 0.1) is 5.60 Å². The lowest BCUT2D eigenvalue weighted by atomic mass is 9.46. The zero-order valence-corrected chi connectivity index (χ0v) is 11.6. The van der Waals surface area contributed by atoms with E-state index in [0.717, 1.165) is 25.5 Å². The minimum absolute atomic E-state index is 0.00868. The summed E-state index contributed by atoms with van der Waals surface area (Å²) in [5.41, 5.74) is -0.504. The van der Waals surface area contributed by atoms with Crippen LogP contribution >= 0.6 is 0 Å². The molecule has 0 aromatic carbocycles. The van der Waals surface area contributed by atoms with Crippen LogP contribution < -0.4 is 0 Å². The molecule has 2 rings (SSSR count). The first-order valence-corrected chi connectivity index (χ1v) is 6.92. The SMILES string of the molecule is CC1(C)CCC[C@]2(C)[C@@H]1CC[C@](C)(O)[C@H]2C=O. The number of carbonyl (C=O) groups excluding carboxylic acids is 1. The van der Waals surface area contributed by atoms with Crippen molar-refractivity contribution in [2.75, 3.05) is 0 Å². The molecule has 0 unspecified atom stereocenters. The number of aldehydes is 1. The van der Waals surface area contributed by atoms with E-state index in [-0.39, 0.29) is 11.3 Å². The van der Waals surface area contributed by atoms with Gasteiger partial charge >= 0.3 is 0 Å². The van der Waals surface area contributed by atoms with Crippen molar-refractivity contribution in [2.45, 2.75) is 65.4 Å². The molecule has 0 saturated heterocycles. The molecule has 17 heavy (non-hydrogen) atoms. The molecular formula is C15H26O2. The first-order valence-electron chi connectivity index (χ1n) is 6.92. The number of fused-ring (bicyclic) bond motifs is 1. The van der Waals surface area contributed by atoms with Gasteiger partial charge in [0.25, 0.3) is 0 Å². The lowest BCUT2D eigenvalue weighted by Crippen LogP contribution is -2.58. The van der Waals surface area contributed by atoms with Crippen LogP contribution in [0, 0.1) is 22.7 Å². The minimum atomic E-state index is -0.805. The van der Waals surface area contributed by atoms with Crippen LogP contribution in [0.2, 0.25) is 0 Å². The Bertz CT molecular complexity index is 319. The smallest absolute Gasteiger partial charge is 0.126 e. The molecule has 0 amide bonds. The summed E-state index contributed by atoms with van der Waals surface area (Å²) in [6, 6.07) is 0. The van der Waals surface area contributed by atoms with Crippen LogP contribution in [-0.4, -0.2) is 17.0 Å². The average molecular weight is 238 g/mol. The van der Waals surface area contributed by atoms with Crippen molar-refractivity contribution >= 4 is 6.29 Å². The van der Waals surface area contributed by atoms with Crippen molar-refractivity contribution in [3.63, 3.8) is 0 Å². The quantitative estimate of drug-likeness (QED) is 0.712. The molecule has 2 fully saturated rings. The highest BCUT2D eigenvalue weighted by Gasteiger charge is 2.57. The Morgan fingerprint density at radius 3 is 2.35 bits per heavy atom. The molecule has 4 atom stereocenters. The molecule has 2 aliphatic carbocycles. The molecule has 0 aromatic rings. The molecule has 2 heteroatoms. The third-order valence-corrected chi connectivity index (χ3v) is 5.73. The van der Waals surface area contributed by atoms with Gasteiger partial charge in [0.1, 0.15) is 6.29 Å². The first kappa shape index (κ1) is 13.1. The average Bonchev–Trinajstić information content (AvgIpc) is 2.14. The first-order chi connectivity index (χ1) is 7.74. The Kier molecular flexibility index (Phi) is 2.93. The van der Waals surface area contributed by atoms with E-state index < -0.39 is 5.60 Å². The lowest BCUT2D eigenvalue weighted by molar-refractivity contribution is -0.169. The summed E-state index contributed by atoms with van der Waals surface area (Å²) in [5, 5.41) is 10.5. The Morgan fingerprint density at radius 1 is 1.12 bits per heavy atom. The Hall–Kier alpha value is -0.370. The van der Waals surface area contributed by atoms with E-state index in [2.05, 4.69) is 20.8 Å². The molecule has 2 nitrogen and oxygen atoms in total. The molecule has 2 aliphatic rings. The van der Waals surface area contributed by atoms with E-state index in [9.17, 15) is 9.90 Å². The van der Waals surface area contributed by atoms with Gasteiger partial charge in [-0.15, -0.1) is 0 Å². The van der Waals surface area contributed by atoms with Crippen molar-refractivity contribution < 1.29 is 9.90 Å². The van der Waals surface area contributed by atoms with Crippen LogP contribution in [0.3, 0.4) is 0 Å². The molecular weight excluding hydrogens is 212 g/mol. The zero-order valence-electron chi connectivity index (χ0n) is 11.6. The maximum atomic E-state index is 11.5. The normalized spacial score (nSPS) is 49.5. The highest BCUT2D eigenvalue weighted by molar-refractivity contribution is 5.58. The van der Waals surface area contributed by atoms with Crippen LogP contribution in [-0.2, 0) is 4.79 Å². The second kappa shape index (κ2) is 3.81. The van der Waals surface area contributed by atoms with Gasteiger partial charge in [0, 0.05) is 5.92 Å². The number of hydrogen-bond donors (Lipinski definition) is 1. The largest absolute Gasteiger partial charge is 0.389 e. The van der Waals surface area contributed by atoms with Gasteiger partial charge in [0.2, 0.25) is 0 Å². The van der Waals surface area contributed by atoms with Crippen LogP contribution in [0.4, 0.5) is 0 Å². The third-order valence-electron chi connectivity index (χ3n) is 5.73. The molecule has 0 radical (unpaired) electrons. The van der Waals surface area contributed by atoms with Gasteiger partial charge in [-0.05, 0) is 49.4 Å². The summed E-state index contributed by atoms with van der Waals surface area (Å²) in [6.45, 7) is 8.73. The lowest BCUT2D eigenvalue weighted by Gasteiger charge is -2.59. The Morgan fingerprint density at radius 2 is 1.76 bits per heavy atom. The van der Waals surface area contributed by atoms with Crippen molar-refractivity contribution in [1.82, 2.24) is 0 Å². The van der Waals surface area contributed by atoms with Crippen molar-refractivity contribution in [2.24, 2.45) is 22.7 Å². The summed E-state index contributed by atoms with van der Waals surface area (Å²) in [5.74, 6) is 0.368. The standard InChI is InChI=1S/C15H26O2/c1-13(2)7-5-8-14(3)11(13)6-9-15(4,17)12(14)10-16/h10-12,17H,5-9H2,1-4H3/t11-,12+,14-,15+/m1/s1. The van der Waals surface area contributed by atoms with E-state index in [1.807, 2.05) is 6.92 Å². The summed E-state index contributed by atoms with van der Waals surface area (Å²) in [7, 11) is 0. The highest BCUT2D eigenvalue weighted by atomic mass is 16.3. The molecule has 0 spiro atoms. The Labute approximate surface area is 105 Å². The van der Waals surface area contributed by atoms with E-state index >= 15 is 0 Å². The highest BCUT2D eigenvalue weighted by Crippen LogP contribution is 2.61. The number of hydrogen-bond acceptors (Lipinski definition) is 2. The van der Waals surface area contributed by atoms with Crippen LogP contribution in [0.5, 0.6) is 0 Å². The second-order valence-corrected chi connectivity index (χ2v) is 7.41. The Balaban J connectivity index is 2.40. The third kappa shape index (κ3) is 1.85. The van der Waals surface area contributed by atoms with Gasteiger partial charge in [-0.25, -0.2) is 0 Å². The predicted molar refractivity (Wildman–Crippen MR) is 68.6 cm³/mol. The van der Waals surface area contributed by atoms with Crippen LogP contribution in [0.25, 0.3) is 0 Å². The molecule has 0 aliphatic heterocycles. The molecule has 1 N–H and O–H groups in total. The molecule has 0 aromatic heterocycles. The van der Waals surface area contributed by atoms with Gasteiger partial charge in [0.15, 0.2) is 0 Å². The van der Waals surface area contributed by atoms with E-state index in [1.54, 1.807) is 0 Å². The van der Waals surface area contributed by atoms with E-state index in [4.69, 9.17) is 0 Å². The number of carbonyl (C=O) groups is 1. The number of aliphatic hydroxyl groups is 1. The molecule has 98 valence electrons. The summed E-state index contributed by atoms with van der Waals surface area (Å²) in [6.07, 6.45) is 6.36. The van der Waals surface area contributed by atoms with Crippen LogP contribution in [0.15, 0.2) is 0 Å². The van der Waals surface area contributed by atoms with Gasteiger partial charge in [-0.1, -0.05) is 27.2 Å².